The van der Waals surface area contributed by atoms with Crippen molar-refractivity contribution in [3.8, 4) is 5.75 Å². The maximum atomic E-state index is 13.1. The molecule has 0 atom stereocenters. The number of ether oxygens (including phenoxy) is 1. The summed E-state index contributed by atoms with van der Waals surface area (Å²) in [6.45, 7) is -0.295. The fraction of sp³-hybridized carbons (Fsp3) is 0.286. The molecule has 9 heteroatoms. The van der Waals surface area contributed by atoms with Gasteiger partial charge < -0.3 is 4.74 Å². The van der Waals surface area contributed by atoms with E-state index in [0.717, 1.165) is 0 Å². The van der Waals surface area contributed by atoms with Gasteiger partial charge in [0.25, 0.3) is 12.9 Å². The second-order valence-corrected chi connectivity index (χ2v) is 4.91. The van der Waals surface area contributed by atoms with E-state index in [1.807, 2.05) is 0 Å². The number of rotatable bonds is 6. The summed E-state index contributed by atoms with van der Waals surface area (Å²) < 4.78 is 57.6. The molecule has 23 heavy (non-hydrogen) atoms. The van der Waals surface area contributed by atoms with Crippen molar-refractivity contribution in [1.29, 1.82) is 0 Å². The van der Waals surface area contributed by atoms with Gasteiger partial charge in [0.05, 0.1) is 18.7 Å². The van der Waals surface area contributed by atoms with E-state index in [1.165, 1.54) is 25.3 Å². The molecular formula is C14H11ClF4N2O2. The minimum absolute atomic E-state index is 0.284. The van der Waals surface area contributed by atoms with E-state index in [9.17, 15) is 22.4 Å². The second kappa shape index (κ2) is 6.99. The van der Waals surface area contributed by atoms with Gasteiger partial charge in [-0.1, -0.05) is 11.6 Å². The van der Waals surface area contributed by atoms with Gasteiger partial charge in [-0.2, -0.15) is 5.10 Å². The van der Waals surface area contributed by atoms with Crippen LogP contribution in [0.3, 0.4) is 0 Å². The number of halogens is 5. The molecule has 1 aromatic heterocycles. The summed E-state index contributed by atoms with van der Waals surface area (Å²) in [5, 5.41) is 2.70. The van der Waals surface area contributed by atoms with Gasteiger partial charge in [0, 0.05) is 11.1 Å². The first-order valence-corrected chi connectivity index (χ1v) is 6.71. The molecular weight excluding hydrogens is 340 g/mol. The van der Waals surface area contributed by atoms with Gasteiger partial charge in [-0.05, 0) is 18.2 Å². The lowest BCUT2D eigenvalue weighted by Crippen LogP contribution is -2.09. The highest BCUT2D eigenvalue weighted by Crippen LogP contribution is 2.35. The largest absolute Gasteiger partial charge is 0.496 e. The highest BCUT2D eigenvalue weighted by atomic mass is 35.5. The number of carbonyl (C=O) groups is 1. The third-order valence-electron chi connectivity index (χ3n) is 3.13. The highest BCUT2D eigenvalue weighted by molar-refractivity contribution is 6.32. The Morgan fingerprint density at radius 1 is 1.30 bits per heavy atom. The quantitative estimate of drug-likeness (QED) is 0.577. The zero-order valence-corrected chi connectivity index (χ0v) is 12.5. The number of carbonyl (C=O) groups excluding carboxylic acids is 1. The number of methoxy groups -OCH3 is 1. The summed E-state index contributed by atoms with van der Waals surface area (Å²) in [7, 11) is 1.36. The number of alkyl halides is 4. The van der Waals surface area contributed by atoms with Crippen LogP contribution in [0, 0.1) is 0 Å². The molecule has 4 nitrogen and oxygen atoms in total. The zero-order chi connectivity index (χ0) is 17.1. The van der Waals surface area contributed by atoms with Gasteiger partial charge in [-0.3, -0.25) is 9.48 Å². The lowest BCUT2D eigenvalue weighted by molar-refractivity contribution is 0.112. The maximum Gasteiger partial charge on any atom is 0.283 e. The summed E-state index contributed by atoms with van der Waals surface area (Å²) in [6, 6.07) is 4.35. The molecule has 0 aliphatic rings. The third kappa shape index (κ3) is 3.47. The summed E-state index contributed by atoms with van der Waals surface area (Å²) in [5.74, 6) is 0.307. The van der Waals surface area contributed by atoms with Crippen molar-refractivity contribution < 1.29 is 27.1 Å². The molecule has 124 valence electrons. The lowest BCUT2D eigenvalue weighted by atomic mass is 10.1. The number of benzene rings is 1. The minimum Gasteiger partial charge on any atom is -0.496 e. The second-order valence-electron chi connectivity index (χ2n) is 4.53. The summed E-state index contributed by atoms with van der Waals surface area (Å²) >= 11 is 5.59. The summed E-state index contributed by atoms with van der Waals surface area (Å²) in [5.41, 5.74) is -1.10. The van der Waals surface area contributed by atoms with Crippen LogP contribution in [0.25, 0.3) is 0 Å². The minimum atomic E-state index is -3.08. The van der Waals surface area contributed by atoms with Crippen LogP contribution in [0.4, 0.5) is 17.6 Å². The lowest BCUT2D eigenvalue weighted by Gasteiger charge is -2.11. The van der Waals surface area contributed by atoms with Crippen LogP contribution in [0.15, 0.2) is 18.2 Å². The predicted octanol–water partition coefficient (Wildman–Crippen LogP) is 4.28. The molecule has 0 saturated carbocycles. The van der Waals surface area contributed by atoms with Crippen LogP contribution in [-0.2, 0) is 6.54 Å². The monoisotopic (exact) mass is 350 g/mol. The van der Waals surface area contributed by atoms with Crippen molar-refractivity contribution >= 4 is 17.9 Å². The van der Waals surface area contributed by atoms with Crippen LogP contribution < -0.4 is 4.74 Å². The van der Waals surface area contributed by atoms with Crippen LogP contribution in [-0.4, -0.2) is 23.2 Å². The molecule has 0 bridgehead atoms. The van der Waals surface area contributed by atoms with Gasteiger partial charge >= 0.3 is 0 Å². The molecule has 0 N–H and O–H groups in total. The first-order valence-electron chi connectivity index (χ1n) is 6.33. The molecule has 0 saturated heterocycles. The Hall–Kier alpha value is -2.09. The Bertz CT molecular complexity index is 719. The predicted molar refractivity (Wildman–Crippen MR) is 74.6 cm³/mol. The van der Waals surface area contributed by atoms with Crippen molar-refractivity contribution in [2.75, 3.05) is 7.11 Å². The number of hydrogen-bond acceptors (Lipinski definition) is 3. The SMILES string of the molecule is COc1ccc(C=O)cc1Cn1nc(C(F)F)c(Cl)c1C(F)F. The van der Waals surface area contributed by atoms with Crippen molar-refractivity contribution in [3.05, 3.63) is 45.7 Å². The Morgan fingerprint density at radius 3 is 2.52 bits per heavy atom. The molecule has 1 aromatic carbocycles. The molecule has 0 aliphatic carbocycles. The smallest absolute Gasteiger partial charge is 0.283 e. The third-order valence-corrected chi connectivity index (χ3v) is 3.52. The Balaban J connectivity index is 2.51. The Morgan fingerprint density at radius 2 is 2.00 bits per heavy atom. The first kappa shape index (κ1) is 17.3. The fourth-order valence-corrected chi connectivity index (χ4v) is 2.40. The van der Waals surface area contributed by atoms with Gasteiger partial charge in [-0.25, -0.2) is 17.6 Å². The average molecular weight is 351 g/mol. The number of nitrogens with zero attached hydrogens (tertiary/aromatic N) is 2. The van der Waals surface area contributed by atoms with Crippen LogP contribution >= 0.6 is 11.6 Å². The van der Waals surface area contributed by atoms with E-state index in [4.69, 9.17) is 16.3 Å². The number of aldehydes is 1. The fourth-order valence-electron chi connectivity index (χ4n) is 2.10. The van der Waals surface area contributed by atoms with Crippen LogP contribution in [0.5, 0.6) is 5.75 Å². The molecule has 0 fully saturated rings. The van der Waals surface area contributed by atoms with E-state index in [-0.39, 0.29) is 12.1 Å². The van der Waals surface area contributed by atoms with E-state index in [1.54, 1.807) is 0 Å². The molecule has 0 radical (unpaired) electrons. The normalized spacial score (nSPS) is 11.3. The molecule has 2 rings (SSSR count). The van der Waals surface area contributed by atoms with Crippen molar-refractivity contribution in [1.82, 2.24) is 9.78 Å². The van der Waals surface area contributed by atoms with Crippen LogP contribution in [0.2, 0.25) is 5.02 Å². The topological polar surface area (TPSA) is 44.1 Å². The van der Waals surface area contributed by atoms with E-state index in [0.29, 0.717) is 22.3 Å². The average Bonchev–Trinajstić information content (AvgIpc) is 2.83. The van der Waals surface area contributed by atoms with Gasteiger partial charge in [0.2, 0.25) is 0 Å². The van der Waals surface area contributed by atoms with Gasteiger partial charge in [0.15, 0.2) is 0 Å². The van der Waals surface area contributed by atoms with E-state index >= 15 is 0 Å². The van der Waals surface area contributed by atoms with Crippen molar-refractivity contribution in [2.24, 2.45) is 0 Å². The number of aromatic nitrogens is 2. The molecule has 0 unspecified atom stereocenters. The molecule has 1 heterocycles. The van der Waals surface area contributed by atoms with Gasteiger partial charge in [-0.15, -0.1) is 0 Å². The molecule has 0 spiro atoms. The highest BCUT2D eigenvalue weighted by Gasteiger charge is 2.28. The zero-order valence-electron chi connectivity index (χ0n) is 11.8. The standard InChI is InChI=1S/C14H11ClF4N2O2/c1-23-9-3-2-7(6-22)4-8(9)5-21-12(14(18)19)10(15)11(20-21)13(16)17/h2-4,6,13-14H,5H2,1H3. The van der Waals surface area contributed by atoms with E-state index in [2.05, 4.69) is 5.10 Å². The summed E-state index contributed by atoms with van der Waals surface area (Å²) in [4.78, 5) is 10.8. The molecule has 0 aliphatic heterocycles. The molecule has 0 amide bonds. The van der Waals surface area contributed by atoms with Gasteiger partial charge in [0.1, 0.15) is 23.4 Å². The Kier molecular flexibility index (Phi) is 5.25. The number of hydrogen-bond donors (Lipinski definition) is 0. The maximum absolute atomic E-state index is 13.1. The first-order chi connectivity index (χ1) is 10.9. The Labute approximate surface area is 133 Å². The summed E-state index contributed by atoms with van der Waals surface area (Å²) in [6.07, 6.45) is -5.59. The molecule has 2 aromatic rings. The van der Waals surface area contributed by atoms with Crippen molar-refractivity contribution in [3.63, 3.8) is 0 Å². The van der Waals surface area contributed by atoms with E-state index < -0.39 is 29.3 Å². The van der Waals surface area contributed by atoms with Crippen LogP contribution in [0.1, 0.15) is 40.2 Å². The van der Waals surface area contributed by atoms with Crippen molar-refractivity contribution in [2.45, 2.75) is 19.4 Å².